The molecule has 1 heterocycles. The van der Waals surface area contributed by atoms with Crippen molar-refractivity contribution < 1.29 is 8.78 Å². The molecule has 2 aromatic rings. The SMILES string of the molecule is CC(C)(c1ccc(Br)cc1)N(Cc1nccn1C(F)F)C1CCC1. The van der Waals surface area contributed by atoms with Gasteiger partial charge in [0.25, 0.3) is 0 Å². The number of halogens is 3. The Bertz CT molecular complexity index is 678. The van der Waals surface area contributed by atoms with Gasteiger partial charge in [-0.05, 0) is 44.4 Å². The van der Waals surface area contributed by atoms with Crippen molar-refractivity contribution in [2.45, 2.75) is 57.8 Å². The lowest BCUT2D eigenvalue weighted by Gasteiger charge is -2.47. The van der Waals surface area contributed by atoms with Gasteiger partial charge in [-0.25, -0.2) is 4.98 Å². The highest BCUT2D eigenvalue weighted by atomic mass is 79.9. The minimum Gasteiger partial charge on any atom is -0.284 e. The van der Waals surface area contributed by atoms with Crippen molar-refractivity contribution in [2.75, 3.05) is 0 Å². The molecular weight excluding hydrogens is 376 g/mol. The second-order valence-corrected chi connectivity index (χ2v) is 7.72. The van der Waals surface area contributed by atoms with Gasteiger partial charge < -0.3 is 0 Å². The van der Waals surface area contributed by atoms with Gasteiger partial charge in [-0.15, -0.1) is 0 Å². The molecular formula is C18H22BrF2N3. The first-order chi connectivity index (χ1) is 11.4. The van der Waals surface area contributed by atoms with Crippen molar-refractivity contribution in [2.24, 2.45) is 0 Å². The Kier molecular flexibility index (Phi) is 5.06. The zero-order valence-corrected chi connectivity index (χ0v) is 15.5. The first-order valence-electron chi connectivity index (χ1n) is 8.22. The lowest BCUT2D eigenvalue weighted by atomic mass is 9.84. The van der Waals surface area contributed by atoms with E-state index < -0.39 is 6.55 Å². The molecule has 0 radical (unpaired) electrons. The molecule has 130 valence electrons. The van der Waals surface area contributed by atoms with Gasteiger partial charge in [-0.1, -0.05) is 34.5 Å². The fraction of sp³-hybridized carbons (Fsp3) is 0.500. The molecule has 0 saturated heterocycles. The van der Waals surface area contributed by atoms with Crippen LogP contribution >= 0.6 is 15.9 Å². The lowest BCUT2D eigenvalue weighted by Crippen LogP contribution is -2.50. The van der Waals surface area contributed by atoms with Crippen LogP contribution < -0.4 is 0 Å². The molecule has 24 heavy (non-hydrogen) atoms. The molecule has 0 N–H and O–H groups in total. The van der Waals surface area contributed by atoms with Crippen molar-refractivity contribution in [1.29, 1.82) is 0 Å². The lowest BCUT2D eigenvalue weighted by molar-refractivity contribution is 0.00770. The van der Waals surface area contributed by atoms with Gasteiger partial charge in [0.1, 0.15) is 5.82 Å². The van der Waals surface area contributed by atoms with Crippen LogP contribution in [0.15, 0.2) is 41.1 Å². The van der Waals surface area contributed by atoms with Crippen LogP contribution in [0.3, 0.4) is 0 Å². The number of nitrogens with zero attached hydrogens (tertiary/aromatic N) is 3. The third-order valence-corrected chi connectivity index (χ3v) is 5.58. The summed E-state index contributed by atoms with van der Waals surface area (Å²) in [6.07, 6.45) is 6.21. The van der Waals surface area contributed by atoms with Gasteiger partial charge >= 0.3 is 6.55 Å². The topological polar surface area (TPSA) is 21.1 Å². The number of alkyl halides is 2. The smallest absolute Gasteiger partial charge is 0.284 e. The summed E-state index contributed by atoms with van der Waals surface area (Å²) in [6, 6.07) is 8.64. The van der Waals surface area contributed by atoms with E-state index in [1.807, 2.05) is 12.1 Å². The maximum absolute atomic E-state index is 13.2. The fourth-order valence-corrected chi connectivity index (χ4v) is 3.57. The molecule has 1 aromatic carbocycles. The van der Waals surface area contributed by atoms with Gasteiger partial charge in [0.2, 0.25) is 0 Å². The van der Waals surface area contributed by atoms with E-state index in [0.717, 1.165) is 21.9 Å². The summed E-state index contributed by atoms with van der Waals surface area (Å²) in [7, 11) is 0. The summed E-state index contributed by atoms with van der Waals surface area (Å²) in [5.74, 6) is 0.419. The normalized spacial score (nSPS) is 16.0. The number of hydrogen-bond acceptors (Lipinski definition) is 2. The minimum atomic E-state index is -2.55. The Hall–Kier alpha value is -1.27. The molecule has 1 aromatic heterocycles. The Morgan fingerprint density at radius 3 is 2.50 bits per heavy atom. The molecule has 1 aliphatic carbocycles. The fourth-order valence-electron chi connectivity index (χ4n) is 3.30. The van der Waals surface area contributed by atoms with Crippen molar-refractivity contribution in [3.63, 3.8) is 0 Å². The molecule has 0 bridgehead atoms. The number of rotatable bonds is 6. The molecule has 0 unspecified atom stereocenters. The third-order valence-electron chi connectivity index (χ3n) is 5.06. The van der Waals surface area contributed by atoms with E-state index in [0.29, 0.717) is 18.4 Å². The highest BCUT2D eigenvalue weighted by molar-refractivity contribution is 9.10. The monoisotopic (exact) mass is 397 g/mol. The Labute approximate surface area is 149 Å². The predicted octanol–water partition coefficient (Wildman–Crippen LogP) is 5.33. The molecule has 1 fully saturated rings. The van der Waals surface area contributed by atoms with Gasteiger partial charge in [-0.3, -0.25) is 9.47 Å². The zero-order chi connectivity index (χ0) is 17.3. The summed E-state index contributed by atoms with van der Waals surface area (Å²) in [5, 5.41) is 0. The Morgan fingerprint density at radius 2 is 1.96 bits per heavy atom. The molecule has 3 nitrogen and oxygen atoms in total. The number of hydrogen-bond donors (Lipinski definition) is 0. The highest BCUT2D eigenvalue weighted by Crippen LogP contribution is 2.38. The van der Waals surface area contributed by atoms with Gasteiger partial charge in [-0.2, -0.15) is 8.78 Å². The first-order valence-corrected chi connectivity index (χ1v) is 9.01. The first kappa shape index (κ1) is 17.5. The summed E-state index contributed by atoms with van der Waals surface area (Å²) >= 11 is 3.47. The van der Waals surface area contributed by atoms with E-state index in [9.17, 15) is 8.78 Å². The summed E-state index contributed by atoms with van der Waals surface area (Å²) in [5.41, 5.74) is 0.915. The average Bonchev–Trinajstić information content (AvgIpc) is 2.93. The van der Waals surface area contributed by atoms with Gasteiger partial charge in [0, 0.05) is 28.4 Å². The Morgan fingerprint density at radius 1 is 1.29 bits per heavy atom. The number of imidazole rings is 1. The van der Waals surface area contributed by atoms with Crippen LogP contribution in [0, 0.1) is 0 Å². The quantitative estimate of drug-likeness (QED) is 0.656. The molecule has 3 rings (SSSR count). The maximum atomic E-state index is 13.2. The highest BCUT2D eigenvalue weighted by Gasteiger charge is 2.37. The van der Waals surface area contributed by atoms with Crippen LogP contribution in [0.2, 0.25) is 0 Å². The number of benzene rings is 1. The van der Waals surface area contributed by atoms with Crippen molar-refractivity contribution in [1.82, 2.24) is 14.5 Å². The molecule has 6 heteroatoms. The second-order valence-electron chi connectivity index (χ2n) is 6.81. The van der Waals surface area contributed by atoms with Crippen LogP contribution in [0.1, 0.15) is 51.0 Å². The molecule has 0 aliphatic heterocycles. The second kappa shape index (κ2) is 6.92. The van der Waals surface area contributed by atoms with E-state index >= 15 is 0 Å². The zero-order valence-electron chi connectivity index (χ0n) is 13.9. The van der Waals surface area contributed by atoms with E-state index in [4.69, 9.17) is 0 Å². The standard InChI is InChI=1S/C18H22BrF2N3/c1-18(2,13-6-8-14(19)9-7-13)24(15-4-3-5-15)12-16-22-10-11-23(16)17(20)21/h6-11,15,17H,3-5,12H2,1-2H3. The van der Waals surface area contributed by atoms with E-state index in [2.05, 4.69) is 51.8 Å². The van der Waals surface area contributed by atoms with Crippen molar-refractivity contribution in [3.05, 3.63) is 52.5 Å². The third kappa shape index (κ3) is 3.40. The van der Waals surface area contributed by atoms with Crippen LogP contribution in [0.5, 0.6) is 0 Å². The molecule has 0 spiro atoms. The maximum Gasteiger partial charge on any atom is 0.319 e. The summed E-state index contributed by atoms with van der Waals surface area (Å²) in [4.78, 5) is 6.49. The predicted molar refractivity (Wildman–Crippen MR) is 93.8 cm³/mol. The average molecular weight is 398 g/mol. The van der Waals surface area contributed by atoms with E-state index in [1.54, 1.807) is 0 Å². The van der Waals surface area contributed by atoms with Gasteiger partial charge in [0.05, 0.1) is 6.54 Å². The summed E-state index contributed by atoms with van der Waals surface area (Å²) in [6.45, 7) is 2.18. The number of aromatic nitrogens is 2. The van der Waals surface area contributed by atoms with Crippen LogP contribution in [-0.2, 0) is 12.1 Å². The molecule has 1 saturated carbocycles. The largest absolute Gasteiger partial charge is 0.319 e. The van der Waals surface area contributed by atoms with Crippen LogP contribution in [0.4, 0.5) is 8.78 Å². The van der Waals surface area contributed by atoms with Crippen LogP contribution in [0.25, 0.3) is 0 Å². The van der Waals surface area contributed by atoms with E-state index in [1.165, 1.54) is 24.4 Å². The Balaban J connectivity index is 1.91. The summed E-state index contributed by atoms with van der Waals surface area (Å²) < 4.78 is 28.3. The minimum absolute atomic E-state index is 0.259. The van der Waals surface area contributed by atoms with Crippen molar-refractivity contribution in [3.8, 4) is 0 Å². The van der Waals surface area contributed by atoms with E-state index in [-0.39, 0.29) is 5.54 Å². The van der Waals surface area contributed by atoms with Crippen LogP contribution in [-0.4, -0.2) is 20.5 Å². The molecule has 0 amide bonds. The molecule has 1 aliphatic rings. The van der Waals surface area contributed by atoms with Gasteiger partial charge in [0.15, 0.2) is 0 Å². The molecule has 0 atom stereocenters. The van der Waals surface area contributed by atoms with Crippen molar-refractivity contribution >= 4 is 15.9 Å².